The first-order valence-electron chi connectivity index (χ1n) is 6.29. The van der Waals surface area contributed by atoms with Gasteiger partial charge in [-0.25, -0.2) is 0 Å². The molecule has 0 bridgehead atoms. The van der Waals surface area contributed by atoms with Crippen LogP contribution in [0.25, 0.3) is 0 Å². The molecule has 0 unspecified atom stereocenters. The molecule has 2 N–H and O–H groups in total. The summed E-state index contributed by atoms with van der Waals surface area (Å²) in [7, 11) is 0. The van der Waals surface area contributed by atoms with Crippen molar-refractivity contribution >= 4 is 0 Å². The molecule has 4 nitrogen and oxygen atoms in total. The van der Waals surface area contributed by atoms with Gasteiger partial charge in [-0.3, -0.25) is 0 Å². The number of aryl methyl sites for hydroxylation is 2. The predicted molar refractivity (Wildman–Crippen MR) is 72.1 cm³/mol. The SMILES string of the molecule is Cc1ccc(C)c(OCCOCCOCCN)c1. The van der Waals surface area contributed by atoms with Crippen molar-refractivity contribution in [2.45, 2.75) is 13.8 Å². The Kier molecular flexibility index (Phi) is 7.41. The molecule has 0 spiro atoms. The zero-order valence-electron chi connectivity index (χ0n) is 11.3. The average Bonchev–Trinajstić information content (AvgIpc) is 2.36. The lowest BCUT2D eigenvalue weighted by atomic mass is 10.1. The van der Waals surface area contributed by atoms with Gasteiger partial charge in [0.05, 0.1) is 26.4 Å². The third kappa shape index (κ3) is 6.00. The first kappa shape index (κ1) is 15.0. The van der Waals surface area contributed by atoms with E-state index in [0.29, 0.717) is 39.6 Å². The molecular weight excluding hydrogens is 230 g/mol. The molecule has 18 heavy (non-hydrogen) atoms. The molecule has 0 atom stereocenters. The second-order valence-corrected chi connectivity index (χ2v) is 4.13. The van der Waals surface area contributed by atoms with E-state index in [2.05, 4.69) is 19.1 Å². The normalized spacial score (nSPS) is 10.6. The average molecular weight is 253 g/mol. The fourth-order valence-corrected chi connectivity index (χ4v) is 1.48. The Bertz CT molecular complexity index is 342. The Labute approximate surface area is 109 Å². The Balaban J connectivity index is 2.09. The molecule has 1 rings (SSSR count). The minimum Gasteiger partial charge on any atom is -0.491 e. The van der Waals surface area contributed by atoms with E-state index in [4.69, 9.17) is 19.9 Å². The van der Waals surface area contributed by atoms with Crippen LogP contribution in [0.5, 0.6) is 5.75 Å². The van der Waals surface area contributed by atoms with Gasteiger partial charge in [-0.05, 0) is 31.0 Å². The number of rotatable bonds is 9. The van der Waals surface area contributed by atoms with Crippen molar-refractivity contribution in [3.63, 3.8) is 0 Å². The van der Waals surface area contributed by atoms with Gasteiger partial charge in [0.15, 0.2) is 0 Å². The molecule has 0 aliphatic heterocycles. The monoisotopic (exact) mass is 253 g/mol. The van der Waals surface area contributed by atoms with Crippen LogP contribution in [0.1, 0.15) is 11.1 Å². The molecule has 0 aromatic heterocycles. The fourth-order valence-electron chi connectivity index (χ4n) is 1.48. The molecule has 0 heterocycles. The molecule has 0 saturated carbocycles. The fraction of sp³-hybridized carbons (Fsp3) is 0.571. The molecule has 102 valence electrons. The highest BCUT2D eigenvalue weighted by molar-refractivity contribution is 5.35. The maximum Gasteiger partial charge on any atom is 0.122 e. The number of hydrogen-bond acceptors (Lipinski definition) is 4. The summed E-state index contributed by atoms with van der Waals surface area (Å²) in [5, 5.41) is 0. The lowest BCUT2D eigenvalue weighted by molar-refractivity contribution is 0.0387. The van der Waals surface area contributed by atoms with Gasteiger partial charge in [0.2, 0.25) is 0 Å². The molecule has 0 saturated heterocycles. The van der Waals surface area contributed by atoms with Gasteiger partial charge in [0.25, 0.3) is 0 Å². The maximum absolute atomic E-state index is 5.66. The maximum atomic E-state index is 5.66. The molecule has 0 fully saturated rings. The number of ether oxygens (including phenoxy) is 3. The zero-order chi connectivity index (χ0) is 13.2. The number of benzene rings is 1. The van der Waals surface area contributed by atoms with Crippen LogP contribution in [-0.4, -0.2) is 39.6 Å². The van der Waals surface area contributed by atoms with Gasteiger partial charge < -0.3 is 19.9 Å². The Morgan fingerprint density at radius 2 is 1.61 bits per heavy atom. The van der Waals surface area contributed by atoms with Gasteiger partial charge in [-0.1, -0.05) is 12.1 Å². The van der Waals surface area contributed by atoms with Crippen molar-refractivity contribution in [2.75, 3.05) is 39.6 Å². The summed E-state index contributed by atoms with van der Waals surface area (Å²) in [6.45, 7) is 7.52. The van der Waals surface area contributed by atoms with E-state index in [1.165, 1.54) is 5.56 Å². The van der Waals surface area contributed by atoms with Crippen molar-refractivity contribution in [1.29, 1.82) is 0 Å². The quantitative estimate of drug-likeness (QED) is 0.680. The highest BCUT2D eigenvalue weighted by Gasteiger charge is 1.99. The van der Waals surface area contributed by atoms with Crippen LogP contribution in [0.4, 0.5) is 0 Å². The van der Waals surface area contributed by atoms with E-state index in [0.717, 1.165) is 11.3 Å². The van der Waals surface area contributed by atoms with E-state index in [-0.39, 0.29) is 0 Å². The van der Waals surface area contributed by atoms with Gasteiger partial charge in [-0.2, -0.15) is 0 Å². The topological polar surface area (TPSA) is 53.7 Å². The van der Waals surface area contributed by atoms with Crippen molar-refractivity contribution in [3.05, 3.63) is 29.3 Å². The second kappa shape index (κ2) is 8.91. The first-order valence-corrected chi connectivity index (χ1v) is 6.29. The lowest BCUT2D eigenvalue weighted by Crippen LogP contribution is -2.14. The minimum atomic E-state index is 0.551. The third-order valence-electron chi connectivity index (χ3n) is 2.46. The first-order chi connectivity index (χ1) is 8.74. The molecule has 4 heteroatoms. The Morgan fingerprint density at radius 3 is 2.33 bits per heavy atom. The van der Waals surface area contributed by atoms with Crippen molar-refractivity contribution < 1.29 is 14.2 Å². The summed E-state index contributed by atoms with van der Waals surface area (Å²) >= 11 is 0. The van der Waals surface area contributed by atoms with Gasteiger partial charge in [0, 0.05) is 6.54 Å². The summed E-state index contributed by atoms with van der Waals surface area (Å²) in [4.78, 5) is 0. The van der Waals surface area contributed by atoms with Crippen LogP contribution in [0.15, 0.2) is 18.2 Å². The van der Waals surface area contributed by atoms with Crippen molar-refractivity contribution in [3.8, 4) is 5.75 Å². The third-order valence-corrected chi connectivity index (χ3v) is 2.46. The molecular formula is C14H23NO3. The summed E-state index contributed by atoms with van der Waals surface area (Å²) in [5.74, 6) is 0.929. The van der Waals surface area contributed by atoms with E-state index in [9.17, 15) is 0 Å². The zero-order valence-corrected chi connectivity index (χ0v) is 11.3. The molecule has 0 amide bonds. The van der Waals surface area contributed by atoms with E-state index in [1.807, 2.05) is 13.0 Å². The van der Waals surface area contributed by atoms with Crippen molar-refractivity contribution in [1.82, 2.24) is 0 Å². The van der Waals surface area contributed by atoms with Gasteiger partial charge >= 0.3 is 0 Å². The number of hydrogen-bond donors (Lipinski definition) is 1. The van der Waals surface area contributed by atoms with Crippen LogP contribution in [0, 0.1) is 13.8 Å². The van der Waals surface area contributed by atoms with Gasteiger partial charge in [-0.15, -0.1) is 0 Å². The number of nitrogens with two attached hydrogens (primary N) is 1. The van der Waals surface area contributed by atoms with Crippen LogP contribution in [0.3, 0.4) is 0 Å². The van der Waals surface area contributed by atoms with Crippen LogP contribution in [-0.2, 0) is 9.47 Å². The lowest BCUT2D eigenvalue weighted by Gasteiger charge is -2.10. The van der Waals surface area contributed by atoms with Crippen LogP contribution in [0.2, 0.25) is 0 Å². The van der Waals surface area contributed by atoms with Crippen LogP contribution < -0.4 is 10.5 Å². The van der Waals surface area contributed by atoms with E-state index in [1.54, 1.807) is 0 Å². The molecule has 1 aromatic carbocycles. The second-order valence-electron chi connectivity index (χ2n) is 4.13. The summed E-state index contributed by atoms with van der Waals surface area (Å²) in [6, 6.07) is 6.18. The molecule has 0 radical (unpaired) electrons. The highest BCUT2D eigenvalue weighted by Crippen LogP contribution is 2.18. The largest absolute Gasteiger partial charge is 0.491 e. The van der Waals surface area contributed by atoms with Crippen LogP contribution >= 0.6 is 0 Å². The summed E-state index contributed by atoms with van der Waals surface area (Å²) in [5.41, 5.74) is 7.64. The highest BCUT2D eigenvalue weighted by atomic mass is 16.5. The molecule has 0 aliphatic rings. The van der Waals surface area contributed by atoms with E-state index >= 15 is 0 Å². The standard InChI is InChI=1S/C14H23NO3/c1-12-3-4-13(2)14(11-12)18-10-9-17-8-7-16-6-5-15/h3-4,11H,5-10,15H2,1-2H3. The Morgan fingerprint density at radius 1 is 0.944 bits per heavy atom. The summed E-state index contributed by atoms with van der Waals surface area (Å²) < 4.78 is 16.2. The smallest absolute Gasteiger partial charge is 0.122 e. The van der Waals surface area contributed by atoms with Crippen molar-refractivity contribution in [2.24, 2.45) is 5.73 Å². The summed E-state index contributed by atoms with van der Waals surface area (Å²) in [6.07, 6.45) is 0. The Hall–Kier alpha value is -1.10. The predicted octanol–water partition coefficient (Wildman–Crippen LogP) is 1.67. The molecule has 1 aromatic rings. The van der Waals surface area contributed by atoms with Gasteiger partial charge in [0.1, 0.15) is 12.4 Å². The van der Waals surface area contributed by atoms with E-state index < -0.39 is 0 Å². The molecule has 0 aliphatic carbocycles. The minimum absolute atomic E-state index is 0.551.